The number of benzene rings is 2. The number of halogens is 1. The Labute approximate surface area is 160 Å². The third-order valence-corrected chi connectivity index (χ3v) is 5.16. The molecule has 2 aromatic carbocycles. The zero-order chi connectivity index (χ0) is 19.9. The Morgan fingerprint density at radius 3 is 2.68 bits per heavy atom. The van der Waals surface area contributed by atoms with Crippen LogP contribution in [-0.2, 0) is 0 Å². The molecule has 0 aliphatic carbocycles. The maximum Gasteiger partial charge on any atom is 0.256 e. The summed E-state index contributed by atoms with van der Waals surface area (Å²) in [5.74, 6) is -2.27. The summed E-state index contributed by atoms with van der Waals surface area (Å²) in [6, 6.07) is 10.7. The van der Waals surface area contributed by atoms with Gasteiger partial charge < -0.3 is 21.3 Å². The van der Waals surface area contributed by atoms with Crippen LogP contribution in [0.4, 0.5) is 10.1 Å². The summed E-state index contributed by atoms with van der Waals surface area (Å²) < 4.78 is 14.4. The summed E-state index contributed by atoms with van der Waals surface area (Å²) in [6.07, 6.45) is 1.28. The molecule has 1 saturated heterocycles. The van der Waals surface area contributed by atoms with Crippen molar-refractivity contribution >= 4 is 23.4 Å². The minimum Gasteiger partial charge on any atom is -0.366 e. The van der Waals surface area contributed by atoms with Crippen molar-refractivity contribution in [2.75, 3.05) is 18.4 Å². The second-order valence-electron chi connectivity index (χ2n) is 7.10. The van der Waals surface area contributed by atoms with Gasteiger partial charge in [0.25, 0.3) is 11.8 Å². The highest BCUT2D eigenvalue weighted by atomic mass is 19.1. The van der Waals surface area contributed by atoms with Gasteiger partial charge in [0.2, 0.25) is 5.91 Å². The van der Waals surface area contributed by atoms with Crippen LogP contribution in [0.15, 0.2) is 42.5 Å². The lowest BCUT2D eigenvalue weighted by atomic mass is 9.93. The third-order valence-electron chi connectivity index (χ3n) is 5.16. The second kappa shape index (κ2) is 6.63. The van der Waals surface area contributed by atoms with Crippen LogP contribution < -0.4 is 16.4 Å². The summed E-state index contributed by atoms with van der Waals surface area (Å²) in [5, 5.41) is 6.30. The summed E-state index contributed by atoms with van der Waals surface area (Å²) in [5.41, 5.74) is 5.46. The maximum absolute atomic E-state index is 14.4. The van der Waals surface area contributed by atoms with Crippen molar-refractivity contribution in [3.63, 3.8) is 0 Å². The monoisotopic (exact) mass is 382 g/mol. The summed E-state index contributed by atoms with van der Waals surface area (Å²) >= 11 is 0. The highest BCUT2D eigenvalue weighted by Crippen LogP contribution is 2.31. The smallest absolute Gasteiger partial charge is 0.256 e. The molecule has 2 aromatic rings. The number of para-hydroxylation sites is 1. The van der Waals surface area contributed by atoms with E-state index in [-0.39, 0.29) is 23.6 Å². The molecule has 1 spiro atoms. The molecule has 3 amide bonds. The predicted molar refractivity (Wildman–Crippen MR) is 100 cm³/mol. The normalized spacial score (nSPS) is 20.9. The minimum absolute atomic E-state index is 0.00184. The fourth-order valence-corrected chi connectivity index (χ4v) is 3.81. The lowest BCUT2D eigenvalue weighted by Gasteiger charge is -2.46. The van der Waals surface area contributed by atoms with Gasteiger partial charge in [-0.2, -0.15) is 0 Å². The van der Waals surface area contributed by atoms with Gasteiger partial charge in [0.15, 0.2) is 0 Å². The molecule has 7 nitrogen and oxygen atoms in total. The van der Waals surface area contributed by atoms with Gasteiger partial charge in [-0.3, -0.25) is 14.4 Å². The van der Waals surface area contributed by atoms with E-state index in [4.69, 9.17) is 5.73 Å². The quantitative estimate of drug-likeness (QED) is 0.735. The molecular formula is C20H19FN4O3. The topological polar surface area (TPSA) is 105 Å². The van der Waals surface area contributed by atoms with Gasteiger partial charge in [-0.05, 0) is 43.2 Å². The molecule has 2 aliphatic heterocycles. The van der Waals surface area contributed by atoms with Crippen molar-refractivity contribution in [2.24, 2.45) is 5.73 Å². The molecule has 144 valence electrons. The van der Waals surface area contributed by atoms with Gasteiger partial charge >= 0.3 is 0 Å². The molecule has 0 bridgehead atoms. The van der Waals surface area contributed by atoms with E-state index in [1.165, 1.54) is 17.0 Å². The average molecular weight is 382 g/mol. The van der Waals surface area contributed by atoms with Crippen LogP contribution in [0.25, 0.3) is 0 Å². The molecule has 4 N–H and O–H groups in total. The fourth-order valence-electron chi connectivity index (χ4n) is 3.81. The first-order valence-electron chi connectivity index (χ1n) is 8.97. The van der Waals surface area contributed by atoms with Gasteiger partial charge in [0, 0.05) is 17.8 Å². The molecule has 2 heterocycles. The zero-order valence-corrected chi connectivity index (χ0v) is 15.0. The summed E-state index contributed by atoms with van der Waals surface area (Å²) in [4.78, 5) is 38.1. The summed E-state index contributed by atoms with van der Waals surface area (Å²) in [7, 11) is 0. The van der Waals surface area contributed by atoms with Crippen molar-refractivity contribution in [3.05, 3.63) is 65.0 Å². The number of amides is 3. The van der Waals surface area contributed by atoms with Gasteiger partial charge in [0.05, 0.1) is 17.7 Å². The Hall–Kier alpha value is -3.42. The fraction of sp³-hybridized carbons (Fsp3) is 0.250. The van der Waals surface area contributed by atoms with Crippen LogP contribution in [0, 0.1) is 5.82 Å². The molecule has 4 rings (SSSR count). The van der Waals surface area contributed by atoms with E-state index in [9.17, 15) is 18.8 Å². The number of fused-ring (bicyclic) bond motifs is 1. The number of nitrogens with two attached hydrogens (primary N) is 1. The van der Waals surface area contributed by atoms with E-state index in [0.717, 1.165) is 6.07 Å². The van der Waals surface area contributed by atoms with E-state index in [0.29, 0.717) is 30.6 Å². The van der Waals surface area contributed by atoms with Crippen LogP contribution in [0.5, 0.6) is 0 Å². The van der Waals surface area contributed by atoms with E-state index >= 15 is 0 Å². The zero-order valence-electron chi connectivity index (χ0n) is 15.0. The van der Waals surface area contributed by atoms with Crippen molar-refractivity contribution in [1.82, 2.24) is 10.2 Å². The number of piperidine rings is 1. The van der Waals surface area contributed by atoms with Crippen LogP contribution in [0.2, 0.25) is 0 Å². The molecule has 1 fully saturated rings. The van der Waals surface area contributed by atoms with Gasteiger partial charge in [0.1, 0.15) is 11.5 Å². The molecule has 0 saturated carbocycles. The number of hydrogen-bond acceptors (Lipinski definition) is 4. The number of rotatable bonds is 2. The number of anilines is 1. The first kappa shape index (κ1) is 18.0. The largest absolute Gasteiger partial charge is 0.366 e. The van der Waals surface area contributed by atoms with Gasteiger partial charge in [-0.15, -0.1) is 0 Å². The minimum atomic E-state index is -0.803. The number of nitrogens with one attached hydrogen (secondary N) is 2. The van der Waals surface area contributed by atoms with Crippen LogP contribution in [-0.4, -0.2) is 41.4 Å². The molecule has 1 unspecified atom stereocenters. The number of likely N-dealkylation sites (tertiary alicyclic amines) is 1. The number of carbonyl (C=O) groups excluding carboxylic acids is 3. The Bertz CT molecular complexity index is 993. The number of carbonyl (C=O) groups is 3. The van der Waals surface area contributed by atoms with Crippen LogP contribution in [0.1, 0.15) is 43.9 Å². The SMILES string of the molecule is NC(=O)c1ccc(C(=O)N2CCCC3(C2)NC(=O)c2ccccc2N3)c(F)c1. The highest BCUT2D eigenvalue weighted by Gasteiger charge is 2.42. The number of hydrogen-bond donors (Lipinski definition) is 3. The highest BCUT2D eigenvalue weighted by molar-refractivity contribution is 6.02. The van der Waals surface area contributed by atoms with E-state index in [2.05, 4.69) is 10.6 Å². The Balaban J connectivity index is 1.59. The van der Waals surface area contributed by atoms with Gasteiger partial charge in [-0.25, -0.2) is 4.39 Å². The van der Waals surface area contributed by atoms with Gasteiger partial charge in [-0.1, -0.05) is 12.1 Å². The molecule has 8 heteroatoms. The molecule has 0 radical (unpaired) electrons. The lowest BCUT2D eigenvalue weighted by molar-refractivity contribution is 0.0588. The van der Waals surface area contributed by atoms with Crippen molar-refractivity contribution in [3.8, 4) is 0 Å². The van der Waals surface area contributed by atoms with Crippen LogP contribution >= 0.6 is 0 Å². The van der Waals surface area contributed by atoms with Crippen LogP contribution in [0.3, 0.4) is 0 Å². The Morgan fingerprint density at radius 2 is 1.93 bits per heavy atom. The maximum atomic E-state index is 14.4. The van der Waals surface area contributed by atoms with Crippen molar-refractivity contribution < 1.29 is 18.8 Å². The average Bonchev–Trinajstić information content (AvgIpc) is 2.67. The molecule has 2 aliphatic rings. The Morgan fingerprint density at radius 1 is 1.14 bits per heavy atom. The molecule has 0 aromatic heterocycles. The third kappa shape index (κ3) is 3.06. The molecular weight excluding hydrogens is 363 g/mol. The lowest BCUT2D eigenvalue weighted by Crippen LogP contribution is -2.66. The van der Waals surface area contributed by atoms with Crippen molar-refractivity contribution in [2.45, 2.75) is 18.5 Å². The Kier molecular flexibility index (Phi) is 4.26. The van der Waals surface area contributed by atoms with E-state index < -0.39 is 23.3 Å². The number of nitrogens with zero attached hydrogens (tertiary/aromatic N) is 1. The second-order valence-corrected chi connectivity index (χ2v) is 7.10. The first-order valence-corrected chi connectivity index (χ1v) is 8.97. The van der Waals surface area contributed by atoms with E-state index in [1.807, 2.05) is 12.1 Å². The van der Waals surface area contributed by atoms with Crippen molar-refractivity contribution in [1.29, 1.82) is 0 Å². The first-order chi connectivity index (χ1) is 13.4. The summed E-state index contributed by atoms with van der Waals surface area (Å²) in [6.45, 7) is 0.639. The van der Waals surface area contributed by atoms with E-state index in [1.54, 1.807) is 12.1 Å². The predicted octanol–water partition coefficient (Wildman–Crippen LogP) is 1.71. The number of primary amides is 1. The standard InChI is InChI=1S/C20H19FN4O3/c21-15-10-12(17(22)26)6-7-13(15)19(28)25-9-3-8-20(11-25)23-16-5-2-1-4-14(16)18(27)24-20/h1-2,4-7,10,23H,3,8-9,11H2,(H2,22,26)(H,24,27). The molecule has 1 atom stereocenters. The molecule has 28 heavy (non-hydrogen) atoms.